The molecule has 3 rings (SSSR count). The summed E-state index contributed by atoms with van der Waals surface area (Å²) in [6.45, 7) is 8.03. The molecule has 0 saturated carbocycles. The molecular weight excluding hydrogens is 536 g/mol. The Bertz CT molecular complexity index is 849. The topological polar surface area (TPSA) is 51.7 Å². The van der Waals surface area contributed by atoms with E-state index in [2.05, 4.69) is 20.3 Å². The molecule has 0 amide bonds. The first-order chi connectivity index (χ1) is 12.0. The van der Waals surface area contributed by atoms with E-state index in [0.29, 0.717) is 21.5 Å². The van der Waals surface area contributed by atoms with Crippen LogP contribution in [-0.4, -0.2) is 36.1 Å². The van der Waals surface area contributed by atoms with Crippen LogP contribution in [0.2, 0.25) is 5.02 Å². The molecule has 4 nitrogen and oxygen atoms in total. The van der Waals surface area contributed by atoms with Gasteiger partial charge in [-0.15, -0.1) is 0 Å². The van der Waals surface area contributed by atoms with Gasteiger partial charge >= 0.3 is 21.1 Å². The third-order valence-electron chi connectivity index (χ3n) is 3.27. The van der Waals surface area contributed by atoms with E-state index in [9.17, 15) is 0 Å². The zero-order chi connectivity index (χ0) is 18.4. The van der Waals surface area contributed by atoms with E-state index in [-0.39, 0.29) is 21.1 Å². The molecule has 0 aliphatic carbocycles. The molecule has 7 heteroatoms. The van der Waals surface area contributed by atoms with Crippen LogP contribution in [0.25, 0.3) is 5.32 Å². The molecule has 1 aromatic heterocycles. The zero-order valence-electron chi connectivity index (χ0n) is 15.0. The number of thioether (sulfide) groups is 1. The Kier molecular flexibility index (Phi) is 9.45. The number of pyridine rings is 1. The van der Waals surface area contributed by atoms with Crippen molar-refractivity contribution >= 4 is 39.8 Å². The van der Waals surface area contributed by atoms with E-state index in [0.717, 1.165) is 22.5 Å². The number of halogens is 1. The van der Waals surface area contributed by atoms with E-state index in [1.807, 2.05) is 43.5 Å². The van der Waals surface area contributed by atoms with Crippen LogP contribution in [0.4, 0.5) is 5.69 Å². The second-order valence-electron chi connectivity index (χ2n) is 5.24. The van der Waals surface area contributed by atoms with Crippen molar-refractivity contribution in [3.8, 4) is 0 Å². The van der Waals surface area contributed by atoms with Crippen molar-refractivity contribution < 1.29 is 21.1 Å². The largest absolute Gasteiger partial charge is 2.00 e. The monoisotopic (exact) mass is 554 g/mol. The maximum Gasteiger partial charge on any atom is 2.00 e. The maximum absolute atomic E-state index is 6.33. The molecule has 134 valence electrons. The van der Waals surface area contributed by atoms with Crippen LogP contribution in [-0.2, 0) is 21.1 Å². The minimum Gasteiger partial charge on any atom is -0.668 e. The summed E-state index contributed by atoms with van der Waals surface area (Å²) in [6, 6.07) is 9.48. The summed E-state index contributed by atoms with van der Waals surface area (Å²) in [5.74, 6) is 0. The van der Waals surface area contributed by atoms with Gasteiger partial charge in [0.05, 0.1) is 11.4 Å². The minimum atomic E-state index is 0. The summed E-state index contributed by atoms with van der Waals surface area (Å²) < 4.78 is 0. The molecule has 26 heavy (non-hydrogen) atoms. The zero-order valence-corrected chi connectivity index (χ0v) is 19.5. The Labute approximate surface area is 178 Å². The number of hydrogen-bond donors (Lipinski definition) is 0. The molecule has 0 unspecified atom stereocenters. The van der Waals surface area contributed by atoms with Crippen molar-refractivity contribution in [2.45, 2.75) is 6.92 Å². The number of aryl methyl sites for hydroxylation is 1. The summed E-state index contributed by atoms with van der Waals surface area (Å²) in [6.07, 6.45) is 3.70. The fraction of sp³-hybridized carbons (Fsp3) is 0.211. The fourth-order valence-corrected chi connectivity index (χ4v) is 2.89. The van der Waals surface area contributed by atoms with Gasteiger partial charge in [-0.2, -0.15) is 14.1 Å². The molecule has 0 atom stereocenters. The molecule has 0 N–H and O–H groups in total. The summed E-state index contributed by atoms with van der Waals surface area (Å²) in [7, 11) is 3.50. The summed E-state index contributed by atoms with van der Waals surface area (Å²) in [5, 5.41) is 4.81. The fourth-order valence-electron chi connectivity index (χ4n) is 2.22. The van der Waals surface area contributed by atoms with E-state index in [1.165, 1.54) is 11.8 Å². The first kappa shape index (κ1) is 22.8. The molecule has 2 aromatic rings. The van der Waals surface area contributed by atoms with Gasteiger partial charge in [0, 0.05) is 28.0 Å². The average Bonchev–Trinajstić information content (AvgIpc) is 2.72. The number of aliphatic imine (C=N–C) groups is 2. The van der Waals surface area contributed by atoms with E-state index >= 15 is 0 Å². The Hall–Kier alpha value is -1.26. The minimum absolute atomic E-state index is 0. The molecule has 0 saturated heterocycles. The average molecular weight is 555 g/mol. The Morgan fingerprint density at radius 3 is 2.38 bits per heavy atom. The third-order valence-corrected chi connectivity index (χ3v) is 4.29. The van der Waals surface area contributed by atoms with Crippen LogP contribution >= 0.6 is 23.4 Å². The Morgan fingerprint density at radius 1 is 1.12 bits per heavy atom. The van der Waals surface area contributed by atoms with E-state index in [1.54, 1.807) is 20.3 Å². The van der Waals surface area contributed by atoms with Gasteiger partial charge in [-0.3, -0.25) is 16.6 Å². The molecule has 0 bridgehead atoms. The molecule has 0 fully saturated rings. The van der Waals surface area contributed by atoms with Crippen LogP contribution in [0.15, 0.2) is 52.2 Å². The van der Waals surface area contributed by atoms with Crippen LogP contribution in [0, 0.1) is 13.5 Å². The molecule has 2 heterocycles. The second-order valence-corrected chi connectivity index (χ2v) is 6.44. The van der Waals surface area contributed by atoms with Crippen molar-refractivity contribution in [2.75, 3.05) is 20.4 Å². The van der Waals surface area contributed by atoms with Gasteiger partial charge in [-0.05, 0) is 30.4 Å². The summed E-state index contributed by atoms with van der Waals surface area (Å²) in [4.78, 5) is 13.6. The van der Waals surface area contributed by atoms with Crippen LogP contribution in [0.5, 0.6) is 0 Å². The van der Waals surface area contributed by atoms with Gasteiger partial charge in [0.15, 0.2) is 0 Å². The van der Waals surface area contributed by atoms with Crippen molar-refractivity contribution in [1.82, 2.24) is 4.98 Å². The number of rotatable bonds is 1. The summed E-state index contributed by atoms with van der Waals surface area (Å²) in [5.41, 5.74) is 4.41. The Morgan fingerprint density at radius 2 is 1.77 bits per heavy atom. The Balaban J connectivity index is 0.000000791. The van der Waals surface area contributed by atoms with Crippen molar-refractivity contribution in [3.05, 3.63) is 76.0 Å². The maximum atomic E-state index is 6.33. The molecule has 0 radical (unpaired) electrons. The van der Waals surface area contributed by atoms with Crippen molar-refractivity contribution in [3.63, 3.8) is 0 Å². The first-order valence-electron chi connectivity index (χ1n) is 7.55. The number of benzene rings is 1. The van der Waals surface area contributed by atoms with Gasteiger partial charge in [0.25, 0.3) is 0 Å². The van der Waals surface area contributed by atoms with E-state index < -0.39 is 0 Å². The molecule has 1 aliphatic rings. The van der Waals surface area contributed by atoms with Gasteiger partial charge in [0.1, 0.15) is 0 Å². The standard InChI is InChI=1S/C17H13ClN3S.C2H6N.W/c1-10-8-15-13(9-19-10)16(12-6-4-5-7-14(12)18)20-11(2)17(21-15)22-3;1-3-2;/h2,4-9H,1,3H3;1-2H3;/q2*-1;+2. The van der Waals surface area contributed by atoms with Gasteiger partial charge in [-0.1, -0.05) is 35.5 Å². The van der Waals surface area contributed by atoms with Gasteiger partial charge in [-0.25, -0.2) is 11.8 Å². The van der Waals surface area contributed by atoms with Crippen LogP contribution in [0.3, 0.4) is 0 Å². The first-order valence-corrected chi connectivity index (χ1v) is 9.16. The normalized spacial score (nSPS) is 12.6. The SMILES string of the molecule is C[N-]C.[CH-]=C1N=C(c2ccccc2Cl)c2cnc(C)cc2N=C1SC.[W+2]. The quantitative estimate of drug-likeness (QED) is 0.454. The smallest absolute Gasteiger partial charge is 0.668 e. The second kappa shape index (κ2) is 10.8. The van der Waals surface area contributed by atoms with Crippen molar-refractivity contribution in [2.24, 2.45) is 9.98 Å². The number of fused-ring (bicyclic) bond motifs is 1. The molecule has 1 aliphatic heterocycles. The van der Waals surface area contributed by atoms with Gasteiger partial charge < -0.3 is 10.3 Å². The third kappa shape index (κ3) is 5.37. The molecule has 0 spiro atoms. The van der Waals surface area contributed by atoms with Crippen LogP contribution in [0.1, 0.15) is 16.8 Å². The molecule has 1 aromatic carbocycles. The predicted molar refractivity (Wildman–Crippen MR) is 110 cm³/mol. The van der Waals surface area contributed by atoms with Crippen LogP contribution < -0.4 is 0 Å². The van der Waals surface area contributed by atoms with Crippen molar-refractivity contribution in [1.29, 1.82) is 0 Å². The number of nitrogens with zero attached hydrogens (tertiary/aromatic N) is 4. The number of aromatic nitrogens is 1. The summed E-state index contributed by atoms with van der Waals surface area (Å²) >= 11 is 7.80. The van der Waals surface area contributed by atoms with Gasteiger partial charge in [0.2, 0.25) is 0 Å². The van der Waals surface area contributed by atoms with E-state index in [4.69, 9.17) is 18.2 Å². The molecular formula is C19H19ClN4SW. The number of hydrogen-bond acceptors (Lipinski definition) is 4. The predicted octanol–water partition coefficient (Wildman–Crippen LogP) is 5.22.